The summed E-state index contributed by atoms with van der Waals surface area (Å²) in [5.41, 5.74) is 1.54. The van der Waals surface area contributed by atoms with Gasteiger partial charge in [-0.15, -0.1) is 11.3 Å². The molecule has 2 heteroatoms. The van der Waals surface area contributed by atoms with Crippen LogP contribution in [0.5, 0.6) is 0 Å². The zero-order valence-corrected chi connectivity index (χ0v) is 10.6. The summed E-state index contributed by atoms with van der Waals surface area (Å²) in [4.78, 5) is 2.95. The molecule has 1 aliphatic rings. The molecule has 0 radical (unpaired) electrons. The van der Waals surface area contributed by atoms with Crippen LogP contribution < -0.4 is 5.32 Å². The van der Waals surface area contributed by atoms with Gasteiger partial charge in [-0.1, -0.05) is 12.8 Å². The number of thiophene rings is 1. The molecule has 15 heavy (non-hydrogen) atoms. The summed E-state index contributed by atoms with van der Waals surface area (Å²) in [7, 11) is 0. The van der Waals surface area contributed by atoms with E-state index >= 15 is 0 Å². The average Bonchev–Trinajstić information content (AvgIpc) is 2.77. The third-order valence-electron chi connectivity index (χ3n) is 3.33. The standard InChI is InChI=1S/C13H21NS/c1-10-9-12(11(2)15-10)7-8-14-13-5-3-4-6-13/h9,13-14H,3-8H2,1-2H3. The highest BCUT2D eigenvalue weighted by atomic mass is 32.1. The van der Waals surface area contributed by atoms with E-state index in [9.17, 15) is 0 Å². The molecule has 1 nitrogen and oxygen atoms in total. The maximum atomic E-state index is 3.67. The first-order valence-corrected chi connectivity index (χ1v) is 6.86. The predicted molar refractivity (Wildman–Crippen MR) is 67.8 cm³/mol. The van der Waals surface area contributed by atoms with Crippen LogP contribution in [0.2, 0.25) is 0 Å². The van der Waals surface area contributed by atoms with Crippen LogP contribution >= 0.6 is 11.3 Å². The molecule has 2 rings (SSSR count). The van der Waals surface area contributed by atoms with Crippen molar-refractivity contribution in [2.75, 3.05) is 6.54 Å². The molecule has 1 heterocycles. The lowest BCUT2D eigenvalue weighted by Crippen LogP contribution is -2.27. The molecule has 1 aromatic heterocycles. The van der Waals surface area contributed by atoms with Gasteiger partial charge in [0.15, 0.2) is 0 Å². The Bertz CT molecular complexity index is 310. The Hall–Kier alpha value is -0.340. The zero-order valence-electron chi connectivity index (χ0n) is 9.81. The highest BCUT2D eigenvalue weighted by Gasteiger charge is 2.13. The summed E-state index contributed by atoms with van der Waals surface area (Å²) < 4.78 is 0. The fourth-order valence-electron chi connectivity index (χ4n) is 2.47. The molecule has 84 valence electrons. The SMILES string of the molecule is Cc1cc(CCNC2CCCC2)c(C)s1. The van der Waals surface area contributed by atoms with Crippen LogP contribution in [0.1, 0.15) is 41.0 Å². The first-order chi connectivity index (χ1) is 7.25. The Morgan fingerprint density at radius 3 is 2.67 bits per heavy atom. The number of hydrogen-bond acceptors (Lipinski definition) is 2. The minimum absolute atomic E-state index is 0.810. The van der Waals surface area contributed by atoms with E-state index in [2.05, 4.69) is 25.2 Å². The smallest absolute Gasteiger partial charge is 0.00671 e. The van der Waals surface area contributed by atoms with E-state index in [1.54, 1.807) is 5.56 Å². The van der Waals surface area contributed by atoms with E-state index in [0.29, 0.717) is 0 Å². The summed E-state index contributed by atoms with van der Waals surface area (Å²) in [5, 5.41) is 3.67. The first-order valence-electron chi connectivity index (χ1n) is 6.05. The van der Waals surface area contributed by atoms with Crippen molar-refractivity contribution in [2.45, 2.75) is 52.0 Å². The zero-order chi connectivity index (χ0) is 10.7. The Balaban J connectivity index is 1.75. The van der Waals surface area contributed by atoms with Crippen molar-refractivity contribution < 1.29 is 0 Å². The second kappa shape index (κ2) is 5.13. The molecule has 1 saturated carbocycles. The van der Waals surface area contributed by atoms with Crippen LogP contribution in [-0.4, -0.2) is 12.6 Å². The molecule has 0 saturated heterocycles. The first kappa shape index (κ1) is 11.2. The third-order valence-corrected chi connectivity index (χ3v) is 4.33. The highest BCUT2D eigenvalue weighted by molar-refractivity contribution is 7.12. The summed E-state index contributed by atoms with van der Waals surface area (Å²) in [6.45, 7) is 5.59. The average molecular weight is 223 g/mol. The molecular weight excluding hydrogens is 202 g/mol. The van der Waals surface area contributed by atoms with Gasteiger partial charge >= 0.3 is 0 Å². The predicted octanol–water partition coefficient (Wildman–Crippen LogP) is 3.44. The molecule has 0 spiro atoms. The maximum Gasteiger partial charge on any atom is 0.00671 e. The van der Waals surface area contributed by atoms with Gasteiger partial charge in [-0.05, 0) is 51.3 Å². The van der Waals surface area contributed by atoms with Crippen molar-refractivity contribution in [3.05, 3.63) is 21.4 Å². The monoisotopic (exact) mass is 223 g/mol. The van der Waals surface area contributed by atoms with E-state index in [-0.39, 0.29) is 0 Å². The van der Waals surface area contributed by atoms with Gasteiger partial charge in [-0.3, -0.25) is 0 Å². The summed E-state index contributed by atoms with van der Waals surface area (Å²) in [5.74, 6) is 0. The van der Waals surface area contributed by atoms with Gasteiger partial charge in [0.05, 0.1) is 0 Å². The Kier molecular flexibility index (Phi) is 3.81. The molecule has 0 aliphatic heterocycles. The molecule has 0 amide bonds. The second-order valence-corrected chi connectivity index (χ2v) is 6.08. The van der Waals surface area contributed by atoms with E-state index < -0.39 is 0 Å². The summed E-state index contributed by atoms with van der Waals surface area (Å²) in [6.07, 6.45) is 6.83. The van der Waals surface area contributed by atoms with Gasteiger partial charge in [-0.25, -0.2) is 0 Å². The van der Waals surface area contributed by atoms with Crippen LogP contribution in [0.4, 0.5) is 0 Å². The largest absolute Gasteiger partial charge is 0.314 e. The molecular formula is C13H21NS. The Labute approximate surface area is 96.9 Å². The van der Waals surface area contributed by atoms with Crippen molar-refractivity contribution in [1.29, 1.82) is 0 Å². The number of nitrogens with one attached hydrogen (secondary N) is 1. The highest BCUT2D eigenvalue weighted by Crippen LogP contribution is 2.21. The topological polar surface area (TPSA) is 12.0 Å². The lowest BCUT2D eigenvalue weighted by molar-refractivity contribution is 0.527. The quantitative estimate of drug-likeness (QED) is 0.824. The van der Waals surface area contributed by atoms with Crippen molar-refractivity contribution >= 4 is 11.3 Å². The van der Waals surface area contributed by atoms with E-state index in [0.717, 1.165) is 12.6 Å². The van der Waals surface area contributed by atoms with Gasteiger partial charge in [0.25, 0.3) is 0 Å². The van der Waals surface area contributed by atoms with Gasteiger partial charge in [0.1, 0.15) is 0 Å². The minimum atomic E-state index is 0.810. The van der Waals surface area contributed by atoms with Crippen molar-refractivity contribution in [3.63, 3.8) is 0 Å². The van der Waals surface area contributed by atoms with Gasteiger partial charge in [0, 0.05) is 15.8 Å². The molecule has 1 fully saturated rings. The molecule has 1 aliphatic carbocycles. The number of aryl methyl sites for hydroxylation is 2. The fourth-order valence-corrected chi connectivity index (χ4v) is 3.45. The lowest BCUT2D eigenvalue weighted by Gasteiger charge is -2.11. The second-order valence-electron chi connectivity index (χ2n) is 4.62. The van der Waals surface area contributed by atoms with Crippen molar-refractivity contribution in [3.8, 4) is 0 Å². The van der Waals surface area contributed by atoms with Crippen LogP contribution in [-0.2, 0) is 6.42 Å². The van der Waals surface area contributed by atoms with Crippen LogP contribution in [0.3, 0.4) is 0 Å². The maximum absolute atomic E-state index is 3.67. The number of rotatable bonds is 4. The van der Waals surface area contributed by atoms with Gasteiger partial charge in [-0.2, -0.15) is 0 Å². The van der Waals surface area contributed by atoms with Crippen molar-refractivity contribution in [2.24, 2.45) is 0 Å². The van der Waals surface area contributed by atoms with E-state index in [1.165, 1.54) is 41.9 Å². The fraction of sp³-hybridized carbons (Fsp3) is 0.692. The Morgan fingerprint density at radius 1 is 1.33 bits per heavy atom. The van der Waals surface area contributed by atoms with E-state index in [4.69, 9.17) is 0 Å². The van der Waals surface area contributed by atoms with E-state index in [1.807, 2.05) is 11.3 Å². The summed E-state index contributed by atoms with van der Waals surface area (Å²) in [6, 6.07) is 3.15. The van der Waals surface area contributed by atoms with Crippen LogP contribution in [0.15, 0.2) is 6.07 Å². The Morgan fingerprint density at radius 2 is 2.07 bits per heavy atom. The molecule has 0 unspecified atom stereocenters. The summed E-state index contributed by atoms with van der Waals surface area (Å²) >= 11 is 1.92. The van der Waals surface area contributed by atoms with Gasteiger partial charge in [0.2, 0.25) is 0 Å². The third kappa shape index (κ3) is 3.05. The van der Waals surface area contributed by atoms with Crippen molar-refractivity contribution in [1.82, 2.24) is 5.32 Å². The normalized spacial score (nSPS) is 17.5. The molecule has 1 aromatic rings. The van der Waals surface area contributed by atoms with Crippen LogP contribution in [0.25, 0.3) is 0 Å². The number of hydrogen-bond donors (Lipinski definition) is 1. The lowest BCUT2D eigenvalue weighted by atomic mass is 10.1. The molecule has 0 bridgehead atoms. The van der Waals surface area contributed by atoms with Crippen LogP contribution in [0, 0.1) is 13.8 Å². The molecule has 0 aromatic carbocycles. The minimum Gasteiger partial charge on any atom is -0.314 e. The van der Waals surface area contributed by atoms with Gasteiger partial charge < -0.3 is 5.32 Å². The molecule has 0 atom stereocenters. The molecule has 1 N–H and O–H groups in total.